The van der Waals surface area contributed by atoms with Crippen molar-refractivity contribution in [1.29, 1.82) is 0 Å². The highest BCUT2D eigenvalue weighted by Crippen LogP contribution is 2.42. The highest BCUT2D eigenvalue weighted by Gasteiger charge is 2.49. The van der Waals surface area contributed by atoms with Crippen molar-refractivity contribution >= 4 is 0 Å². The van der Waals surface area contributed by atoms with E-state index in [1.165, 1.54) is 12.8 Å². The van der Waals surface area contributed by atoms with E-state index in [1.54, 1.807) is 7.11 Å². The van der Waals surface area contributed by atoms with Gasteiger partial charge in [-0.25, -0.2) is 0 Å². The van der Waals surface area contributed by atoms with Gasteiger partial charge >= 0.3 is 0 Å². The standard InChI is InChI=1S/C10H20N2O/c1-13-6-2-5-12-7-10(11,8-12)9-3-4-9/h9H,2-8,11H2,1H3. The first-order chi connectivity index (χ1) is 6.24. The third-order valence-corrected chi connectivity index (χ3v) is 3.25. The number of rotatable bonds is 5. The van der Waals surface area contributed by atoms with Gasteiger partial charge < -0.3 is 10.5 Å². The van der Waals surface area contributed by atoms with Crippen LogP contribution in [0.1, 0.15) is 19.3 Å². The molecule has 0 aromatic carbocycles. The van der Waals surface area contributed by atoms with Crippen molar-refractivity contribution in [2.45, 2.75) is 24.8 Å². The Hall–Kier alpha value is -0.120. The van der Waals surface area contributed by atoms with Crippen molar-refractivity contribution < 1.29 is 4.74 Å². The van der Waals surface area contributed by atoms with Crippen molar-refractivity contribution in [3.05, 3.63) is 0 Å². The van der Waals surface area contributed by atoms with Gasteiger partial charge in [-0.1, -0.05) is 0 Å². The summed E-state index contributed by atoms with van der Waals surface area (Å²) in [5, 5.41) is 0. The smallest absolute Gasteiger partial charge is 0.0474 e. The lowest BCUT2D eigenvalue weighted by atomic mass is 9.86. The molecule has 0 bridgehead atoms. The van der Waals surface area contributed by atoms with Crippen LogP contribution in [0.5, 0.6) is 0 Å². The normalized spacial score (nSPS) is 27.2. The molecule has 2 fully saturated rings. The minimum atomic E-state index is 0.188. The second kappa shape index (κ2) is 3.56. The van der Waals surface area contributed by atoms with Gasteiger partial charge in [0, 0.05) is 38.9 Å². The van der Waals surface area contributed by atoms with Gasteiger partial charge in [-0.2, -0.15) is 0 Å². The predicted octanol–water partition coefficient (Wildman–Crippen LogP) is 0.446. The average molecular weight is 184 g/mol. The summed E-state index contributed by atoms with van der Waals surface area (Å²) in [6, 6.07) is 0. The molecule has 1 aliphatic carbocycles. The van der Waals surface area contributed by atoms with Crippen molar-refractivity contribution in [3.8, 4) is 0 Å². The van der Waals surface area contributed by atoms with Crippen molar-refractivity contribution in [2.24, 2.45) is 11.7 Å². The van der Waals surface area contributed by atoms with Crippen LogP contribution in [0.15, 0.2) is 0 Å². The molecule has 0 radical (unpaired) electrons. The largest absolute Gasteiger partial charge is 0.385 e. The molecule has 76 valence electrons. The van der Waals surface area contributed by atoms with Crippen LogP contribution < -0.4 is 5.73 Å². The Morgan fingerprint density at radius 2 is 2.15 bits per heavy atom. The van der Waals surface area contributed by atoms with Crippen LogP contribution in [0.4, 0.5) is 0 Å². The highest BCUT2D eigenvalue weighted by molar-refractivity contribution is 5.08. The first-order valence-electron chi connectivity index (χ1n) is 5.25. The second-order valence-electron chi connectivity index (χ2n) is 4.56. The number of methoxy groups -OCH3 is 1. The molecule has 0 amide bonds. The van der Waals surface area contributed by atoms with E-state index in [4.69, 9.17) is 10.5 Å². The molecular weight excluding hydrogens is 164 g/mol. The topological polar surface area (TPSA) is 38.5 Å². The van der Waals surface area contributed by atoms with Gasteiger partial charge in [0.25, 0.3) is 0 Å². The van der Waals surface area contributed by atoms with E-state index in [0.29, 0.717) is 0 Å². The summed E-state index contributed by atoms with van der Waals surface area (Å²) in [4.78, 5) is 2.44. The second-order valence-corrected chi connectivity index (χ2v) is 4.56. The van der Waals surface area contributed by atoms with Gasteiger partial charge in [0.15, 0.2) is 0 Å². The molecule has 1 saturated heterocycles. The fraction of sp³-hybridized carbons (Fsp3) is 1.00. The molecular formula is C10H20N2O. The Labute approximate surface area is 80.2 Å². The number of ether oxygens (including phenoxy) is 1. The van der Waals surface area contributed by atoms with E-state index in [1.807, 2.05) is 0 Å². The van der Waals surface area contributed by atoms with Crippen molar-refractivity contribution in [3.63, 3.8) is 0 Å². The van der Waals surface area contributed by atoms with Crippen LogP contribution >= 0.6 is 0 Å². The third kappa shape index (κ3) is 2.03. The number of hydrogen-bond acceptors (Lipinski definition) is 3. The molecule has 2 aliphatic rings. The molecule has 3 heteroatoms. The molecule has 2 N–H and O–H groups in total. The SMILES string of the molecule is COCCCN1CC(N)(C2CC2)C1. The molecule has 3 nitrogen and oxygen atoms in total. The van der Waals surface area contributed by atoms with Gasteiger partial charge in [0.2, 0.25) is 0 Å². The van der Waals surface area contributed by atoms with Crippen LogP contribution in [0.3, 0.4) is 0 Å². The minimum Gasteiger partial charge on any atom is -0.385 e. The zero-order valence-electron chi connectivity index (χ0n) is 8.46. The molecule has 1 heterocycles. The summed E-state index contributed by atoms with van der Waals surface area (Å²) < 4.78 is 5.01. The average Bonchev–Trinajstić information content (AvgIpc) is 2.83. The van der Waals surface area contributed by atoms with Crippen molar-refractivity contribution in [2.75, 3.05) is 33.4 Å². The van der Waals surface area contributed by atoms with E-state index in [0.717, 1.165) is 38.6 Å². The Kier molecular flexibility index (Phi) is 2.58. The fourth-order valence-corrected chi connectivity index (χ4v) is 2.29. The molecule has 0 aromatic heterocycles. The quantitative estimate of drug-likeness (QED) is 0.630. The van der Waals surface area contributed by atoms with Crippen LogP contribution in [-0.4, -0.2) is 43.8 Å². The maximum atomic E-state index is 6.23. The predicted molar refractivity (Wildman–Crippen MR) is 52.6 cm³/mol. The lowest BCUT2D eigenvalue weighted by molar-refractivity contribution is 0.0465. The summed E-state index contributed by atoms with van der Waals surface area (Å²) >= 11 is 0. The van der Waals surface area contributed by atoms with E-state index >= 15 is 0 Å². The van der Waals surface area contributed by atoms with E-state index in [-0.39, 0.29) is 5.54 Å². The molecule has 2 rings (SSSR count). The number of nitrogens with two attached hydrogens (primary N) is 1. The Morgan fingerprint density at radius 1 is 1.46 bits per heavy atom. The van der Waals surface area contributed by atoms with E-state index < -0.39 is 0 Å². The maximum absolute atomic E-state index is 6.23. The van der Waals surface area contributed by atoms with Crippen LogP contribution in [0.2, 0.25) is 0 Å². The van der Waals surface area contributed by atoms with Crippen LogP contribution in [0.25, 0.3) is 0 Å². The van der Waals surface area contributed by atoms with Gasteiger partial charge in [0.1, 0.15) is 0 Å². The Morgan fingerprint density at radius 3 is 2.69 bits per heavy atom. The summed E-state index contributed by atoms with van der Waals surface area (Å²) in [5.41, 5.74) is 6.42. The molecule has 1 saturated carbocycles. The molecule has 1 aliphatic heterocycles. The monoisotopic (exact) mass is 184 g/mol. The maximum Gasteiger partial charge on any atom is 0.0474 e. The molecule has 13 heavy (non-hydrogen) atoms. The molecule has 0 atom stereocenters. The van der Waals surface area contributed by atoms with Crippen LogP contribution in [0, 0.1) is 5.92 Å². The van der Waals surface area contributed by atoms with Crippen LogP contribution in [-0.2, 0) is 4.74 Å². The zero-order chi connectivity index (χ0) is 9.31. The first-order valence-corrected chi connectivity index (χ1v) is 5.25. The first kappa shape index (κ1) is 9.44. The molecule has 0 unspecified atom stereocenters. The Bertz CT molecular complexity index is 174. The lowest BCUT2D eigenvalue weighted by Gasteiger charge is -2.48. The number of nitrogens with zero attached hydrogens (tertiary/aromatic N) is 1. The zero-order valence-corrected chi connectivity index (χ0v) is 8.46. The van der Waals surface area contributed by atoms with Crippen molar-refractivity contribution in [1.82, 2.24) is 4.90 Å². The summed E-state index contributed by atoms with van der Waals surface area (Å²) in [5.74, 6) is 0.839. The third-order valence-electron chi connectivity index (χ3n) is 3.25. The van der Waals surface area contributed by atoms with Gasteiger partial charge in [-0.15, -0.1) is 0 Å². The fourth-order valence-electron chi connectivity index (χ4n) is 2.29. The summed E-state index contributed by atoms with van der Waals surface area (Å²) in [6.07, 6.45) is 3.86. The number of likely N-dealkylation sites (tertiary alicyclic amines) is 1. The molecule has 0 aromatic rings. The van der Waals surface area contributed by atoms with E-state index in [9.17, 15) is 0 Å². The highest BCUT2D eigenvalue weighted by atomic mass is 16.5. The van der Waals surface area contributed by atoms with E-state index in [2.05, 4.69) is 4.90 Å². The van der Waals surface area contributed by atoms with Gasteiger partial charge in [-0.05, 0) is 25.2 Å². The lowest BCUT2D eigenvalue weighted by Crippen LogP contribution is -2.68. The molecule has 0 spiro atoms. The Balaban J connectivity index is 1.60. The number of hydrogen-bond donors (Lipinski definition) is 1. The van der Waals surface area contributed by atoms with Gasteiger partial charge in [0.05, 0.1) is 0 Å². The summed E-state index contributed by atoms with van der Waals surface area (Å²) in [7, 11) is 1.76. The minimum absolute atomic E-state index is 0.188. The summed E-state index contributed by atoms with van der Waals surface area (Å²) in [6.45, 7) is 4.25. The van der Waals surface area contributed by atoms with Gasteiger partial charge in [-0.3, -0.25) is 4.90 Å².